The molecule has 0 bridgehead atoms. The first-order chi connectivity index (χ1) is 9.90. The highest BCUT2D eigenvalue weighted by Gasteiger charge is 2.35. The third-order valence-electron chi connectivity index (χ3n) is 5.13. The predicted molar refractivity (Wildman–Crippen MR) is 85.4 cm³/mol. The molecule has 2 saturated heterocycles. The van der Waals surface area contributed by atoms with E-state index in [2.05, 4.69) is 46.2 Å². The molecule has 0 spiro atoms. The third-order valence-corrected chi connectivity index (χ3v) is 6.43. The first-order valence-corrected chi connectivity index (χ1v) is 9.00. The summed E-state index contributed by atoms with van der Waals surface area (Å²) in [6.45, 7) is 3.83. The van der Waals surface area contributed by atoms with E-state index in [4.69, 9.17) is 0 Å². The molecule has 108 valence electrons. The summed E-state index contributed by atoms with van der Waals surface area (Å²) in [5.41, 5.74) is 1.57. The Morgan fingerprint density at radius 3 is 3.00 bits per heavy atom. The van der Waals surface area contributed by atoms with Gasteiger partial charge >= 0.3 is 0 Å². The fourth-order valence-corrected chi connectivity index (χ4v) is 5.54. The molecule has 3 aliphatic heterocycles. The third kappa shape index (κ3) is 2.51. The molecule has 1 aromatic carbocycles. The molecular formula is C17H24N2S. The van der Waals surface area contributed by atoms with Crippen LogP contribution in [0.4, 0.5) is 0 Å². The highest BCUT2D eigenvalue weighted by Crippen LogP contribution is 2.38. The topological polar surface area (TPSA) is 15.3 Å². The Hall–Kier alpha value is -0.510. The zero-order valence-corrected chi connectivity index (χ0v) is 12.9. The quantitative estimate of drug-likeness (QED) is 0.920. The van der Waals surface area contributed by atoms with Crippen LogP contribution in [0.1, 0.15) is 31.2 Å². The van der Waals surface area contributed by atoms with E-state index in [1.165, 1.54) is 56.6 Å². The van der Waals surface area contributed by atoms with E-state index in [9.17, 15) is 0 Å². The van der Waals surface area contributed by atoms with Crippen LogP contribution in [0.5, 0.6) is 0 Å². The zero-order chi connectivity index (χ0) is 13.4. The molecule has 0 amide bonds. The van der Waals surface area contributed by atoms with Crippen molar-refractivity contribution < 1.29 is 0 Å². The molecule has 1 N–H and O–H groups in total. The molecular weight excluding hydrogens is 264 g/mol. The summed E-state index contributed by atoms with van der Waals surface area (Å²) < 4.78 is 0. The van der Waals surface area contributed by atoms with E-state index in [0.717, 1.165) is 17.3 Å². The summed E-state index contributed by atoms with van der Waals surface area (Å²) in [5, 5.41) is 4.49. The predicted octanol–water partition coefficient (Wildman–Crippen LogP) is 2.92. The van der Waals surface area contributed by atoms with Crippen molar-refractivity contribution in [2.45, 2.75) is 54.3 Å². The number of thioether (sulfide) groups is 1. The second-order valence-corrected chi connectivity index (χ2v) is 7.80. The fraction of sp³-hybridized carbons (Fsp3) is 0.647. The number of likely N-dealkylation sites (tertiary alicyclic amines) is 1. The highest BCUT2D eigenvalue weighted by molar-refractivity contribution is 8.00. The van der Waals surface area contributed by atoms with Crippen molar-refractivity contribution in [3.63, 3.8) is 0 Å². The smallest absolute Gasteiger partial charge is 0.0263 e. The monoisotopic (exact) mass is 288 g/mol. The van der Waals surface area contributed by atoms with Crippen LogP contribution in [0.2, 0.25) is 0 Å². The molecule has 0 aromatic heterocycles. The van der Waals surface area contributed by atoms with Crippen LogP contribution in [0, 0.1) is 0 Å². The van der Waals surface area contributed by atoms with E-state index in [0.29, 0.717) is 0 Å². The van der Waals surface area contributed by atoms with Crippen LogP contribution >= 0.6 is 11.8 Å². The van der Waals surface area contributed by atoms with E-state index in [1.54, 1.807) is 5.56 Å². The summed E-state index contributed by atoms with van der Waals surface area (Å²) >= 11 is 2.11. The number of nitrogens with zero attached hydrogens (tertiary/aromatic N) is 1. The van der Waals surface area contributed by atoms with Gasteiger partial charge in [-0.3, -0.25) is 4.90 Å². The van der Waals surface area contributed by atoms with Gasteiger partial charge in [-0.25, -0.2) is 0 Å². The lowest BCUT2D eigenvalue weighted by Crippen LogP contribution is -2.46. The molecule has 3 atom stereocenters. The van der Waals surface area contributed by atoms with Gasteiger partial charge in [0.05, 0.1) is 0 Å². The normalized spacial score (nSPS) is 33.7. The molecule has 3 aliphatic rings. The summed E-state index contributed by atoms with van der Waals surface area (Å²) in [5.74, 6) is 0. The summed E-state index contributed by atoms with van der Waals surface area (Å²) in [6.07, 6.45) is 6.83. The van der Waals surface area contributed by atoms with Crippen molar-refractivity contribution >= 4 is 11.8 Å². The number of benzene rings is 1. The van der Waals surface area contributed by atoms with Gasteiger partial charge in [-0.2, -0.15) is 0 Å². The summed E-state index contributed by atoms with van der Waals surface area (Å²) in [4.78, 5) is 4.30. The molecule has 0 aliphatic carbocycles. The first-order valence-electron chi connectivity index (χ1n) is 8.12. The Labute approximate surface area is 126 Å². The second-order valence-electron chi connectivity index (χ2n) is 6.46. The van der Waals surface area contributed by atoms with E-state index in [1.807, 2.05) is 0 Å². The van der Waals surface area contributed by atoms with Gasteiger partial charge in [0, 0.05) is 28.8 Å². The molecule has 3 unspecified atom stereocenters. The first kappa shape index (κ1) is 13.2. The summed E-state index contributed by atoms with van der Waals surface area (Å²) in [7, 11) is 0. The van der Waals surface area contributed by atoms with Crippen molar-refractivity contribution in [3.8, 4) is 0 Å². The lowest BCUT2D eigenvalue weighted by molar-refractivity contribution is 0.215. The number of hydrogen-bond acceptors (Lipinski definition) is 3. The van der Waals surface area contributed by atoms with Gasteiger partial charge in [0.2, 0.25) is 0 Å². The Morgan fingerprint density at radius 2 is 2.15 bits per heavy atom. The van der Waals surface area contributed by atoms with Gasteiger partial charge in [0.25, 0.3) is 0 Å². The lowest BCUT2D eigenvalue weighted by atomic mass is 10.0. The molecule has 1 aromatic rings. The van der Waals surface area contributed by atoms with Gasteiger partial charge < -0.3 is 5.32 Å². The van der Waals surface area contributed by atoms with Crippen molar-refractivity contribution in [3.05, 3.63) is 29.8 Å². The molecule has 3 heteroatoms. The van der Waals surface area contributed by atoms with Crippen LogP contribution in [0.3, 0.4) is 0 Å². The van der Waals surface area contributed by atoms with Crippen molar-refractivity contribution in [1.29, 1.82) is 0 Å². The number of hydrogen-bond donors (Lipinski definition) is 1. The SMILES string of the molecule is c1ccc2c(c1)CC(CN1CCCC1C1CCCN1)S2. The van der Waals surface area contributed by atoms with Gasteiger partial charge in [-0.05, 0) is 56.8 Å². The zero-order valence-electron chi connectivity index (χ0n) is 12.1. The molecule has 2 fully saturated rings. The molecule has 3 heterocycles. The van der Waals surface area contributed by atoms with Crippen LogP contribution in [0.25, 0.3) is 0 Å². The van der Waals surface area contributed by atoms with E-state index in [-0.39, 0.29) is 0 Å². The molecule has 20 heavy (non-hydrogen) atoms. The molecule has 0 radical (unpaired) electrons. The summed E-state index contributed by atoms with van der Waals surface area (Å²) in [6, 6.07) is 10.5. The van der Waals surface area contributed by atoms with Crippen LogP contribution in [-0.4, -0.2) is 41.9 Å². The lowest BCUT2D eigenvalue weighted by Gasteiger charge is -2.31. The maximum atomic E-state index is 3.72. The van der Waals surface area contributed by atoms with Crippen molar-refractivity contribution in [2.75, 3.05) is 19.6 Å². The van der Waals surface area contributed by atoms with Gasteiger partial charge in [-0.1, -0.05) is 18.2 Å². The standard InChI is InChI=1S/C17H24N2S/c1-2-8-17-13(5-1)11-14(20-17)12-19-10-4-7-16(19)15-6-3-9-18-15/h1-2,5,8,14-16,18H,3-4,6-7,9-12H2. The van der Waals surface area contributed by atoms with Gasteiger partial charge in [-0.15, -0.1) is 11.8 Å². The minimum Gasteiger partial charge on any atom is -0.312 e. The maximum Gasteiger partial charge on any atom is 0.0263 e. The Kier molecular flexibility index (Phi) is 3.76. The fourth-order valence-electron chi connectivity index (χ4n) is 4.19. The number of nitrogens with one attached hydrogen (secondary N) is 1. The molecule has 2 nitrogen and oxygen atoms in total. The largest absolute Gasteiger partial charge is 0.312 e. The Morgan fingerprint density at radius 1 is 1.20 bits per heavy atom. The second kappa shape index (κ2) is 5.70. The molecule has 0 saturated carbocycles. The van der Waals surface area contributed by atoms with Crippen LogP contribution < -0.4 is 5.32 Å². The number of rotatable bonds is 3. The van der Waals surface area contributed by atoms with Crippen LogP contribution in [0.15, 0.2) is 29.2 Å². The maximum absolute atomic E-state index is 3.72. The average molecular weight is 288 g/mol. The van der Waals surface area contributed by atoms with Gasteiger partial charge in [0.1, 0.15) is 0 Å². The average Bonchev–Trinajstić information content (AvgIpc) is 3.18. The van der Waals surface area contributed by atoms with Crippen molar-refractivity contribution in [2.24, 2.45) is 0 Å². The van der Waals surface area contributed by atoms with E-state index < -0.39 is 0 Å². The Bertz CT molecular complexity index is 445. The Balaban J connectivity index is 1.39. The van der Waals surface area contributed by atoms with Gasteiger partial charge in [0.15, 0.2) is 0 Å². The molecule has 4 rings (SSSR count). The minimum absolute atomic E-state index is 0.770. The number of fused-ring (bicyclic) bond motifs is 1. The van der Waals surface area contributed by atoms with Crippen molar-refractivity contribution in [1.82, 2.24) is 10.2 Å². The van der Waals surface area contributed by atoms with E-state index >= 15 is 0 Å². The van der Waals surface area contributed by atoms with Crippen LogP contribution in [-0.2, 0) is 6.42 Å². The minimum atomic E-state index is 0.770. The highest BCUT2D eigenvalue weighted by atomic mass is 32.2.